The summed E-state index contributed by atoms with van der Waals surface area (Å²) in [6, 6.07) is 2.56. The minimum atomic E-state index is -0.853. The zero-order chi connectivity index (χ0) is 13.8. The normalized spacial score (nSPS) is 19.2. The van der Waals surface area contributed by atoms with Crippen LogP contribution in [0.4, 0.5) is 4.39 Å². The number of nitrogens with zero attached hydrogens (tertiary/aromatic N) is 2. The van der Waals surface area contributed by atoms with Gasteiger partial charge in [-0.2, -0.15) is 4.39 Å². The van der Waals surface area contributed by atoms with Gasteiger partial charge in [0.2, 0.25) is 5.95 Å². The van der Waals surface area contributed by atoms with E-state index in [1.807, 2.05) is 0 Å². The molecule has 1 aliphatic rings. The maximum Gasteiger partial charge on any atom is 0.303 e. The largest absolute Gasteiger partial charge is 0.481 e. The standard InChI is InChI=1S/C13H15FN2O3/c14-11-7-10(3-4-15-11)13(19)16-5-1-2-9(8-16)6-12(17)18/h3-4,7,9H,1-2,5-6,8H2,(H,17,18). The average Bonchev–Trinajstić information content (AvgIpc) is 2.37. The summed E-state index contributed by atoms with van der Waals surface area (Å²) in [6.45, 7) is 0.994. The predicted octanol–water partition coefficient (Wildman–Crippen LogP) is 1.55. The molecule has 2 heterocycles. The summed E-state index contributed by atoms with van der Waals surface area (Å²) in [5, 5.41) is 8.78. The van der Waals surface area contributed by atoms with Gasteiger partial charge in [0.1, 0.15) is 0 Å². The van der Waals surface area contributed by atoms with Crippen molar-refractivity contribution in [2.45, 2.75) is 19.3 Å². The van der Waals surface area contributed by atoms with E-state index in [0.717, 1.165) is 18.9 Å². The maximum atomic E-state index is 13.0. The van der Waals surface area contributed by atoms with E-state index < -0.39 is 11.9 Å². The van der Waals surface area contributed by atoms with E-state index in [2.05, 4.69) is 4.98 Å². The quantitative estimate of drug-likeness (QED) is 0.843. The molecule has 5 nitrogen and oxygen atoms in total. The fourth-order valence-corrected chi connectivity index (χ4v) is 2.38. The van der Waals surface area contributed by atoms with Gasteiger partial charge in [-0.25, -0.2) is 4.98 Å². The number of pyridine rings is 1. The van der Waals surface area contributed by atoms with Crippen molar-refractivity contribution in [1.29, 1.82) is 0 Å². The molecule has 1 atom stereocenters. The van der Waals surface area contributed by atoms with Gasteiger partial charge in [-0.15, -0.1) is 0 Å². The molecule has 6 heteroatoms. The molecule has 0 saturated carbocycles. The van der Waals surface area contributed by atoms with Crippen molar-refractivity contribution in [3.63, 3.8) is 0 Å². The first-order valence-corrected chi connectivity index (χ1v) is 6.19. The lowest BCUT2D eigenvalue weighted by atomic mass is 9.94. The summed E-state index contributed by atoms with van der Waals surface area (Å²) in [4.78, 5) is 27.9. The van der Waals surface area contributed by atoms with Gasteiger partial charge in [-0.05, 0) is 24.8 Å². The number of piperidine rings is 1. The predicted molar refractivity (Wildman–Crippen MR) is 65.1 cm³/mol. The van der Waals surface area contributed by atoms with Crippen molar-refractivity contribution in [3.05, 3.63) is 29.8 Å². The van der Waals surface area contributed by atoms with Gasteiger partial charge >= 0.3 is 5.97 Å². The molecule has 0 aliphatic carbocycles. The Kier molecular flexibility index (Phi) is 4.09. The lowest BCUT2D eigenvalue weighted by molar-refractivity contribution is -0.138. The molecular weight excluding hydrogens is 251 g/mol. The number of rotatable bonds is 3. The molecule has 0 aromatic carbocycles. The van der Waals surface area contributed by atoms with E-state index >= 15 is 0 Å². The van der Waals surface area contributed by atoms with Crippen LogP contribution in [-0.4, -0.2) is 40.0 Å². The number of hydrogen-bond donors (Lipinski definition) is 1. The molecule has 0 bridgehead atoms. The van der Waals surface area contributed by atoms with Gasteiger partial charge in [0.15, 0.2) is 0 Å². The average molecular weight is 266 g/mol. The van der Waals surface area contributed by atoms with Gasteiger partial charge < -0.3 is 10.0 Å². The summed E-state index contributed by atoms with van der Waals surface area (Å²) in [5.41, 5.74) is 0.253. The molecule has 1 saturated heterocycles. The fraction of sp³-hybridized carbons (Fsp3) is 0.462. The maximum absolute atomic E-state index is 13.0. The third kappa shape index (κ3) is 3.49. The number of halogens is 1. The van der Waals surface area contributed by atoms with Crippen LogP contribution in [0.2, 0.25) is 0 Å². The first kappa shape index (κ1) is 13.5. The molecule has 1 N–H and O–H groups in total. The summed E-state index contributed by atoms with van der Waals surface area (Å²) < 4.78 is 13.0. The van der Waals surface area contributed by atoms with Crippen LogP contribution < -0.4 is 0 Å². The number of carbonyl (C=O) groups excluding carboxylic acids is 1. The van der Waals surface area contributed by atoms with E-state index in [0.29, 0.717) is 13.1 Å². The highest BCUT2D eigenvalue weighted by Gasteiger charge is 2.26. The van der Waals surface area contributed by atoms with E-state index in [1.54, 1.807) is 4.90 Å². The third-order valence-electron chi connectivity index (χ3n) is 3.24. The van der Waals surface area contributed by atoms with Crippen LogP contribution in [0.25, 0.3) is 0 Å². The third-order valence-corrected chi connectivity index (χ3v) is 3.24. The number of carboxylic acid groups (broad SMARTS) is 1. The molecule has 1 amide bonds. The first-order valence-electron chi connectivity index (χ1n) is 6.19. The topological polar surface area (TPSA) is 70.5 Å². The minimum Gasteiger partial charge on any atom is -0.481 e. The molecular formula is C13H15FN2O3. The monoisotopic (exact) mass is 266 g/mol. The zero-order valence-electron chi connectivity index (χ0n) is 10.4. The van der Waals surface area contributed by atoms with E-state index in [-0.39, 0.29) is 23.8 Å². The summed E-state index contributed by atoms with van der Waals surface area (Å²) in [7, 11) is 0. The highest BCUT2D eigenvalue weighted by molar-refractivity contribution is 5.94. The Bertz CT molecular complexity index is 493. The second-order valence-electron chi connectivity index (χ2n) is 4.72. The van der Waals surface area contributed by atoms with Crippen LogP contribution >= 0.6 is 0 Å². The summed E-state index contributed by atoms with van der Waals surface area (Å²) >= 11 is 0. The van der Waals surface area contributed by atoms with Crippen LogP contribution in [0.1, 0.15) is 29.6 Å². The van der Waals surface area contributed by atoms with Crippen molar-refractivity contribution >= 4 is 11.9 Å². The summed E-state index contributed by atoms with van der Waals surface area (Å²) in [6.07, 6.45) is 2.90. The van der Waals surface area contributed by atoms with Crippen molar-refractivity contribution in [2.24, 2.45) is 5.92 Å². The number of carboxylic acids is 1. The van der Waals surface area contributed by atoms with Gasteiger partial charge in [0.05, 0.1) is 0 Å². The molecule has 2 rings (SSSR count). The van der Waals surface area contributed by atoms with Crippen molar-refractivity contribution in [1.82, 2.24) is 9.88 Å². The van der Waals surface area contributed by atoms with E-state index in [9.17, 15) is 14.0 Å². The lowest BCUT2D eigenvalue weighted by Crippen LogP contribution is -2.40. The van der Waals surface area contributed by atoms with Crippen molar-refractivity contribution < 1.29 is 19.1 Å². The Hall–Kier alpha value is -1.98. The number of aromatic nitrogens is 1. The second-order valence-corrected chi connectivity index (χ2v) is 4.72. The second kappa shape index (κ2) is 5.77. The molecule has 1 aliphatic heterocycles. The Morgan fingerprint density at radius 3 is 3.00 bits per heavy atom. The zero-order valence-corrected chi connectivity index (χ0v) is 10.4. The van der Waals surface area contributed by atoms with Crippen LogP contribution in [0.5, 0.6) is 0 Å². The molecule has 0 radical (unpaired) electrons. The number of likely N-dealkylation sites (tertiary alicyclic amines) is 1. The summed E-state index contributed by atoms with van der Waals surface area (Å²) in [5.74, 6) is -1.84. The van der Waals surface area contributed by atoms with Crippen molar-refractivity contribution in [3.8, 4) is 0 Å². The van der Waals surface area contributed by atoms with E-state index in [4.69, 9.17) is 5.11 Å². The highest BCUT2D eigenvalue weighted by atomic mass is 19.1. The van der Waals surface area contributed by atoms with Gasteiger partial charge in [0, 0.05) is 37.3 Å². The fourth-order valence-electron chi connectivity index (χ4n) is 2.38. The Balaban J connectivity index is 2.04. The van der Waals surface area contributed by atoms with Gasteiger partial charge in [-0.3, -0.25) is 9.59 Å². The molecule has 102 valence electrons. The molecule has 1 aromatic rings. The lowest BCUT2D eigenvalue weighted by Gasteiger charge is -2.32. The molecule has 1 unspecified atom stereocenters. The van der Waals surface area contributed by atoms with Crippen LogP contribution in [-0.2, 0) is 4.79 Å². The molecule has 1 aromatic heterocycles. The minimum absolute atomic E-state index is 0.0260. The van der Waals surface area contributed by atoms with Crippen molar-refractivity contribution in [2.75, 3.05) is 13.1 Å². The SMILES string of the molecule is O=C(O)CC1CCCN(C(=O)c2ccnc(F)c2)C1. The van der Waals surface area contributed by atoms with Crippen LogP contribution in [0.3, 0.4) is 0 Å². The van der Waals surface area contributed by atoms with Gasteiger partial charge in [0.25, 0.3) is 5.91 Å². The first-order chi connectivity index (χ1) is 9.06. The smallest absolute Gasteiger partial charge is 0.303 e. The number of hydrogen-bond acceptors (Lipinski definition) is 3. The molecule has 1 fully saturated rings. The number of amides is 1. The van der Waals surface area contributed by atoms with Crippen LogP contribution in [0, 0.1) is 11.9 Å². The Morgan fingerprint density at radius 1 is 1.53 bits per heavy atom. The molecule has 0 spiro atoms. The Labute approximate surface area is 110 Å². The molecule has 19 heavy (non-hydrogen) atoms. The number of carbonyl (C=O) groups is 2. The Morgan fingerprint density at radius 2 is 2.32 bits per heavy atom. The number of aliphatic carboxylic acids is 1. The highest BCUT2D eigenvalue weighted by Crippen LogP contribution is 2.21. The van der Waals surface area contributed by atoms with E-state index in [1.165, 1.54) is 12.3 Å². The van der Waals surface area contributed by atoms with Gasteiger partial charge in [-0.1, -0.05) is 0 Å². The van der Waals surface area contributed by atoms with Crippen LogP contribution in [0.15, 0.2) is 18.3 Å².